The molecular formula is C72H60N2O2S2. The molecule has 0 aliphatic rings. The van der Waals surface area contributed by atoms with Crippen molar-refractivity contribution in [3.8, 4) is 33.8 Å². The maximum atomic E-state index is 5.68. The molecule has 0 aliphatic carbocycles. The van der Waals surface area contributed by atoms with Crippen LogP contribution in [0.25, 0.3) is 86.9 Å². The summed E-state index contributed by atoms with van der Waals surface area (Å²) in [4.78, 5) is 6.11. The van der Waals surface area contributed by atoms with E-state index in [1.807, 2.05) is 11.8 Å². The summed E-state index contributed by atoms with van der Waals surface area (Å²) in [5, 5.41) is 15.2. The summed E-state index contributed by atoms with van der Waals surface area (Å²) < 4.78 is 11.4. The second-order valence-corrected chi connectivity index (χ2v) is 22.2. The molecule has 0 N–H and O–H groups in total. The van der Waals surface area contributed by atoms with E-state index in [1.54, 1.807) is 14.2 Å². The van der Waals surface area contributed by atoms with E-state index in [4.69, 9.17) is 22.1 Å². The third-order valence-corrected chi connectivity index (χ3v) is 17.5. The van der Waals surface area contributed by atoms with Gasteiger partial charge in [0.25, 0.3) is 0 Å². The number of unbranched alkanes of at least 4 members (excludes halogenated alkanes) is 1. The van der Waals surface area contributed by atoms with Crippen LogP contribution in [-0.2, 0) is 0 Å². The number of hydrogen-bond acceptors (Lipinski definition) is 6. The molecule has 13 rings (SSSR count). The summed E-state index contributed by atoms with van der Waals surface area (Å²) in [6, 6.07) is 80.8. The fourth-order valence-electron chi connectivity index (χ4n) is 12.2. The lowest BCUT2D eigenvalue weighted by molar-refractivity contribution is 0.414. The van der Waals surface area contributed by atoms with E-state index >= 15 is 0 Å². The first kappa shape index (κ1) is 49.4. The maximum Gasteiger partial charge on any atom is 0.119 e. The van der Waals surface area contributed by atoms with Gasteiger partial charge in [-0.1, -0.05) is 148 Å². The largest absolute Gasteiger partial charge is 0.497 e. The molecule has 13 aromatic carbocycles. The minimum absolute atomic E-state index is 0.185. The number of methoxy groups -OCH3 is 2. The van der Waals surface area contributed by atoms with Crippen LogP contribution in [0.5, 0.6) is 11.5 Å². The number of rotatable bonds is 17. The summed E-state index contributed by atoms with van der Waals surface area (Å²) in [5.41, 5.74) is 12.7. The van der Waals surface area contributed by atoms with Gasteiger partial charge in [-0.2, -0.15) is 12.6 Å². The summed E-state index contributed by atoms with van der Waals surface area (Å²) in [6.45, 7) is 4.48. The summed E-state index contributed by atoms with van der Waals surface area (Å²) in [5.74, 6) is 2.76. The van der Waals surface area contributed by atoms with Crippen LogP contribution in [0.3, 0.4) is 0 Å². The van der Waals surface area contributed by atoms with E-state index in [-0.39, 0.29) is 5.25 Å². The second-order valence-electron chi connectivity index (χ2n) is 20.4. The van der Waals surface area contributed by atoms with Gasteiger partial charge >= 0.3 is 0 Å². The molecule has 6 heteroatoms. The van der Waals surface area contributed by atoms with Gasteiger partial charge in [0.05, 0.1) is 25.6 Å². The smallest absolute Gasteiger partial charge is 0.119 e. The van der Waals surface area contributed by atoms with Crippen molar-refractivity contribution in [2.45, 2.75) is 49.7 Å². The van der Waals surface area contributed by atoms with E-state index in [0.717, 1.165) is 64.2 Å². The van der Waals surface area contributed by atoms with Gasteiger partial charge in [-0.05, 0) is 197 Å². The number of nitrogens with zero attached hydrogens (tertiary/aromatic N) is 2. The Hall–Kier alpha value is -8.16. The Morgan fingerprint density at radius 2 is 0.795 bits per heavy atom. The summed E-state index contributed by atoms with van der Waals surface area (Å²) >= 11 is 6.93. The molecule has 0 saturated heterocycles. The molecule has 13 aromatic rings. The number of hydrogen-bond donors (Lipinski definition) is 1. The Balaban J connectivity index is 1.11. The third-order valence-electron chi connectivity index (χ3n) is 15.8. The summed E-state index contributed by atoms with van der Waals surface area (Å²) in [7, 11) is 3.45. The number of benzene rings is 11. The van der Waals surface area contributed by atoms with Crippen LogP contribution < -0.4 is 19.3 Å². The van der Waals surface area contributed by atoms with E-state index in [9.17, 15) is 0 Å². The number of thioether (sulfide) groups is 1. The average molecular weight is 1050 g/mol. The Morgan fingerprint density at radius 1 is 0.397 bits per heavy atom. The fraction of sp³-hybridized carbons (Fsp3) is 0.139. The van der Waals surface area contributed by atoms with Gasteiger partial charge < -0.3 is 19.3 Å². The van der Waals surface area contributed by atoms with Crippen molar-refractivity contribution in [3.05, 3.63) is 224 Å². The van der Waals surface area contributed by atoms with Gasteiger partial charge in [0.1, 0.15) is 11.5 Å². The second kappa shape index (κ2) is 21.0. The molecule has 0 radical (unpaired) electrons. The molecule has 1 unspecified atom stereocenters. The van der Waals surface area contributed by atoms with Crippen molar-refractivity contribution >= 4 is 123 Å². The van der Waals surface area contributed by atoms with Crippen LogP contribution in [0, 0.1) is 0 Å². The van der Waals surface area contributed by atoms with Gasteiger partial charge in [-0.15, -0.1) is 11.8 Å². The van der Waals surface area contributed by atoms with E-state index in [0.29, 0.717) is 0 Å². The molecule has 4 nitrogen and oxygen atoms in total. The van der Waals surface area contributed by atoms with Gasteiger partial charge in [0.15, 0.2) is 0 Å². The Morgan fingerprint density at radius 3 is 1.21 bits per heavy atom. The SMILES string of the molecule is CCCCSc1ccc(N(c2ccc(OC)cc2)c2ccc3c4c(-c5ccccc5)c5c6ccc(N(c7ccc(OC)cc7)c7ccc(C(S)CCC)cc7)c7cccc(c5c(-c5ccccc5)c4c4cccc2c43)c76)cc1. The standard InChI is InChI=1S/C72H60N2O2S2/c1-5-7-45-78-55-39-33-52(34-40-55)74(51-31-37-54(76-4)38-32-51)63-44-42-61-68-57(63)22-15-24-59(68)70-65(47-17-10-8-11-18-47)69-58-23-14-21-56-62(43-41-60(67(56)58)71(69)66(72(61)70)48-19-12-9-13-20-48)73(50-29-35-53(75-3)36-30-50)49-27-25-46(26-28-49)64(77)16-6-2/h8-15,17-44,64,77H,5-7,16,45H2,1-4H3. The van der Waals surface area contributed by atoms with Crippen LogP contribution >= 0.6 is 24.4 Å². The average Bonchev–Trinajstić information content (AvgIpc) is 4.22. The zero-order valence-electron chi connectivity index (χ0n) is 44.5. The van der Waals surface area contributed by atoms with Crippen LogP contribution in [0.15, 0.2) is 223 Å². The molecule has 0 aliphatic heterocycles. The number of anilines is 6. The van der Waals surface area contributed by atoms with Gasteiger partial charge in [-0.3, -0.25) is 0 Å². The van der Waals surface area contributed by atoms with E-state index < -0.39 is 0 Å². The van der Waals surface area contributed by atoms with Crippen LogP contribution in [0.2, 0.25) is 0 Å². The molecular weight excluding hydrogens is 989 g/mol. The Labute approximate surface area is 466 Å². The maximum absolute atomic E-state index is 5.68. The Kier molecular flexibility index (Phi) is 13.3. The minimum Gasteiger partial charge on any atom is -0.497 e. The molecule has 0 amide bonds. The van der Waals surface area contributed by atoms with Gasteiger partial charge in [0, 0.05) is 43.7 Å². The zero-order chi connectivity index (χ0) is 52.9. The first-order chi connectivity index (χ1) is 38.5. The summed E-state index contributed by atoms with van der Waals surface area (Å²) in [6.07, 6.45) is 4.50. The number of ether oxygens (including phenoxy) is 2. The highest BCUT2D eigenvalue weighted by atomic mass is 32.2. The molecule has 382 valence electrons. The molecule has 1 atom stereocenters. The molecule has 78 heavy (non-hydrogen) atoms. The first-order valence-corrected chi connectivity index (χ1v) is 28.8. The highest BCUT2D eigenvalue weighted by Gasteiger charge is 2.30. The van der Waals surface area contributed by atoms with E-state index in [2.05, 4.69) is 242 Å². The molecule has 0 fully saturated rings. The first-order valence-electron chi connectivity index (χ1n) is 27.3. The van der Waals surface area contributed by atoms with Crippen molar-refractivity contribution in [3.63, 3.8) is 0 Å². The van der Waals surface area contributed by atoms with Crippen molar-refractivity contribution in [1.29, 1.82) is 0 Å². The molecule has 0 heterocycles. The lowest BCUT2D eigenvalue weighted by Crippen LogP contribution is -2.10. The molecule has 0 aromatic heterocycles. The van der Waals surface area contributed by atoms with E-state index in [1.165, 1.54) is 110 Å². The topological polar surface area (TPSA) is 24.9 Å². The quantitative estimate of drug-likeness (QED) is 0.0557. The Bertz CT molecular complexity index is 4140. The monoisotopic (exact) mass is 1050 g/mol. The van der Waals surface area contributed by atoms with Gasteiger partial charge in [-0.25, -0.2) is 0 Å². The van der Waals surface area contributed by atoms with Crippen molar-refractivity contribution in [2.24, 2.45) is 0 Å². The van der Waals surface area contributed by atoms with Crippen LogP contribution in [0.4, 0.5) is 34.1 Å². The van der Waals surface area contributed by atoms with Gasteiger partial charge in [0.2, 0.25) is 0 Å². The highest BCUT2D eigenvalue weighted by molar-refractivity contribution is 7.99. The molecule has 0 spiro atoms. The lowest BCUT2D eigenvalue weighted by atomic mass is 9.87. The third kappa shape index (κ3) is 8.41. The predicted molar refractivity (Wildman–Crippen MR) is 339 cm³/mol. The van der Waals surface area contributed by atoms with Crippen LogP contribution in [-0.4, -0.2) is 20.0 Å². The number of fused-ring (bicyclic) bond motifs is 6. The minimum atomic E-state index is 0.185. The highest BCUT2D eigenvalue weighted by Crippen LogP contribution is 2.58. The normalized spacial score (nSPS) is 12.2. The fourth-order valence-corrected chi connectivity index (χ4v) is 13.7. The van der Waals surface area contributed by atoms with Crippen molar-refractivity contribution in [2.75, 3.05) is 29.8 Å². The zero-order valence-corrected chi connectivity index (χ0v) is 46.2. The van der Waals surface area contributed by atoms with Crippen molar-refractivity contribution < 1.29 is 9.47 Å². The predicted octanol–water partition coefficient (Wildman–Crippen LogP) is 21.4. The number of thiol groups is 1. The molecule has 0 bridgehead atoms. The lowest BCUT2D eigenvalue weighted by Gasteiger charge is -2.27. The van der Waals surface area contributed by atoms with Crippen LogP contribution in [0.1, 0.15) is 50.3 Å². The van der Waals surface area contributed by atoms with Crippen molar-refractivity contribution in [1.82, 2.24) is 0 Å². The molecule has 0 saturated carbocycles.